The maximum absolute atomic E-state index is 5.88. The van der Waals surface area contributed by atoms with Crippen LogP contribution in [0.2, 0.25) is 0 Å². The van der Waals surface area contributed by atoms with Crippen LogP contribution in [0.5, 0.6) is 5.88 Å². The molecule has 22 heavy (non-hydrogen) atoms. The highest BCUT2D eigenvalue weighted by molar-refractivity contribution is 5.55. The molecular weight excluding hydrogens is 282 g/mol. The summed E-state index contributed by atoms with van der Waals surface area (Å²) in [6.45, 7) is 3.64. The van der Waals surface area contributed by atoms with Gasteiger partial charge in [-0.1, -0.05) is 0 Å². The van der Waals surface area contributed by atoms with Gasteiger partial charge in [0.25, 0.3) is 0 Å². The van der Waals surface area contributed by atoms with Gasteiger partial charge in [0, 0.05) is 55.9 Å². The number of morpholine rings is 1. The van der Waals surface area contributed by atoms with Crippen molar-refractivity contribution in [3.05, 3.63) is 36.4 Å². The molecule has 2 N–H and O–H groups in total. The SMILES string of the molecule is Nc1cc(N2CCOCC2)cc(OCCc2cnccn2)n1. The average Bonchev–Trinajstić information content (AvgIpc) is 2.56. The smallest absolute Gasteiger partial charge is 0.217 e. The predicted octanol–water partition coefficient (Wildman–Crippen LogP) is 0.912. The molecule has 1 saturated heterocycles. The van der Waals surface area contributed by atoms with Crippen molar-refractivity contribution in [3.63, 3.8) is 0 Å². The molecule has 7 nitrogen and oxygen atoms in total. The molecule has 0 aromatic carbocycles. The summed E-state index contributed by atoms with van der Waals surface area (Å²) in [5.41, 5.74) is 7.79. The summed E-state index contributed by atoms with van der Waals surface area (Å²) in [6.07, 6.45) is 5.73. The van der Waals surface area contributed by atoms with Gasteiger partial charge in [-0.25, -0.2) is 0 Å². The Balaban J connectivity index is 1.62. The van der Waals surface area contributed by atoms with E-state index in [1.165, 1.54) is 0 Å². The molecule has 3 heterocycles. The lowest BCUT2D eigenvalue weighted by Gasteiger charge is -2.29. The number of pyridine rings is 1. The number of aromatic nitrogens is 3. The quantitative estimate of drug-likeness (QED) is 0.878. The summed E-state index contributed by atoms with van der Waals surface area (Å²) < 4.78 is 11.1. The highest BCUT2D eigenvalue weighted by Gasteiger charge is 2.13. The van der Waals surface area contributed by atoms with Gasteiger partial charge in [0.2, 0.25) is 5.88 Å². The fourth-order valence-corrected chi connectivity index (χ4v) is 2.31. The largest absolute Gasteiger partial charge is 0.477 e. The van der Waals surface area contributed by atoms with Gasteiger partial charge in [-0.05, 0) is 0 Å². The van der Waals surface area contributed by atoms with E-state index < -0.39 is 0 Å². The van der Waals surface area contributed by atoms with Crippen LogP contribution < -0.4 is 15.4 Å². The van der Waals surface area contributed by atoms with E-state index in [1.807, 2.05) is 12.1 Å². The van der Waals surface area contributed by atoms with E-state index in [9.17, 15) is 0 Å². The highest BCUT2D eigenvalue weighted by Crippen LogP contribution is 2.23. The van der Waals surface area contributed by atoms with Crippen LogP contribution in [-0.2, 0) is 11.2 Å². The standard InChI is InChI=1S/C15H19N5O2/c16-14-9-13(20-4-7-21-8-5-20)10-15(19-14)22-6-1-12-11-17-2-3-18-12/h2-3,9-11H,1,4-8H2,(H2,16,19). The molecule has 1 aliphatic heterocycles. The van der Waals surface area contributed by atoms with E-state index >= 15 is 0 Å². The second-order valence-corrected chi connectivity index (χ2v) is 4.98. The molecule has 7 heteroatoms. The monoisotopic (exact) mass is 301 g/mol. The second kappa shape index (κ2) is 7.04. The van der Waals surface area contributed by atoms with Crippen LogP contribution in [-0.4, -0.2) is 47.9 Å². The first-order valence-electron chi connectivity index (χ1n) is 7.29. The Hall–Kier alpha value is -2.41. The Morgan fingerprint density at radius 1 is 1.23 bits per heavy atom. The molecule has 0 aliphatic carbocycles. The average molecular weight is 301 g/mol. The second-order valence-electron chi connectivity index (χ2n) is 4.98. The van der Waals surface area contributed by atoms with E-state index in [-0.39, 0.29) is 0 Å². The molecule has 0 unspecified atom stereocenters. The van der Waals surface area contributed by atoms with E-state index in [0.29, 0.717) is 24.7 Å². The maximum Gasteiger partial charge on any atom is 0.217 e. The van der Waals surface area contributed by atoms with Crippen molar-refractivity contribution in [2.45, 2.75) is 6.42 Å². The number of rotatable bonds is 5. The fourth-order valence-electron chi connectivity index (χ4n) is 2.31. The first kappa shape index (κ1) is 14.5. The molecule has 0 amide bonds. The van der Waals surface area contributed by atoms with Gasteiger partial charge < -0.3 is 20.1 Å². The highest BCUT2D eigenvalue weighted by atomic mass is 16.5. The molecule has 1 aliphatic rings. The number of nitrogen functional groups attached to an aromatic ring is 1. The topological polar surface area (TPSA) is 86.4 Å². The molecular formula is C15H19N5O2. The molecule has 2 aromatic rings. The van der Waals surface area contributed by atoms with E-state index in [1.54, 1.807) is 18.6 Å². The minimum absolute atomic E-state index is 0.457. The van der Waals surface area contributed by atoms with E-state index in [4.69, 9.17) is 15.2 Å². The summed E-state index contributed by atoms with van der Waals surface area (Å²) in [7, 11) is 0. The number of ether oxygens (including phenoxy) is 2. The summed E-state index contributed by atoms with van der Waals surface area (Å²) in [5.74, 6) is 0.990. The van der Waals surface area contributed by atoms with E-state index in [2.05, 4.69) is 19.9 Å². The van der Waals surface area contributed by atoms with Crippen LogP contribution in [0.1, 0.15) is 5.69 Å². The van der Waals surface area contributed by atoms with Crippen molar-refractivity contribution in [2.24, 2.45) is 0 Å². The Morgan fingerprint density at radius 2 is 2.09 bits per heavy atom. The minimum atomic E-state index is 0.457. The van der Waals surface area contributed by atoms with Gasteiger partial charge in [0.1, 0.15) is 5.82 Å². The molecule has 3 rings (SSSR count). The van der Waals surface area contributed by atoms with Gasteiger partial charge in [0.15, 0.2) is 0 Å². The van der Waals surface area contributed by atoms with Crippen molar-refractivity contribution in [2.75, 3.05) is 43.5 Å². The molecule has 116 valence electrons. The number of nitrogens with two attached hydrogens (primary N) is 1. The van der Waals surface area contributed by atoms with Crippen LogP contribution in [0.25, 0.3) is 0 Å². The third-order valence-corrected chi connectivity index (χ3v) is 3.41. The summed E-state index contributed by atoms with van der Waals surface area (Å²) in [6, 6.07) is 3.78. The number of anilines is 2. The van der Waals surface area contributed by atoms with E-state index in [0.717, 1.165) is 37.7 Å². The Kier molecular flexibility index (Phi) is 4.65. The summed E-state index contributed by atoms with van der Waals surface area (Å²) >= 11 is 0. The van der Waals surface area contributed by atoms with Crippen LogP contribution in [0.3, 0.4) is 0 Å². The Morgan fingerprint density at radius 3 is 2.86 bits per heavy atom. The van der Waals surface area contributed by atoms with Gasteiger partial charge in [-0.15, -0.1) is 0 Å². The lowest BCUT2D eigenvalue weighted by atomic mass is 10.3. The Labute approximate surface area is 129 Å². The molecule has 0 radical (unpaired) electrons. The minimum Gasteiger partial charge on any atom is -0.477 e. The van der Waals surface area contributed by atoms with Crippen LogP contribution in [0.15, 0.2) is 30.7 Å². The molecule has 0 spiro atoms. The molecule has 0 bridgehead atoms. The zero-order valence-electron chi connectivity index (χ0n) is 12.3. The lowest BCUT2D eigenvalue weighted by molar-refractivity contribution is 0.122. The van der Waals surface area contributed by atoms with Gasteiger partial charge in [-0.3, -0.25) is 9.97 Å². The van der Waals surface area contributed by atoms with Crippen molar-refractivity contribution >= 4 is 11.5 Å². The predicted molar refractivity (Wildman–Crippen MR) is 82.9 cm³/mol. The normalized spacial score (nSPS) is 14.8. The number of hydrogen-bond donors (Lipinski definition) is 1. The van der Waals surface area contributed by atoms with Crippen molar-refractivity contribution in [3.8, 4) is 5.88 Å². The van der Waals surface area contributed by atoms with Gasteiger partial charge in [-0.2, -0.15) is 4.98 Å². The lowest BCUT2D eigenvalue weighted by Crippen LogP contribution is -2.36. The van der Waals surface area contributed by atoms with Gasteiger partial charge >= 0.3 is 0 Å². The first-order chi connectivity index (χ1) is 10.8. The fraction of sp³-hybridized carbons (Fsp3) is 0.400. The van der Waals surface area contributed by atoms with Gasteiger partial charge in [0.05, 0.1) is 25.5 Å². The zero-order valence-corrected chi connectivity index (χ0v) is 12.3. The van der Waals surface area contributed by atoms with Crippen LogP contribution >= 0.6 is 0 Å². The maximum atomic E-state index is 5.88. The van der Waals surface area contributed by atoms with Crippen molar-refractivity contribution in [1.82, 2.24) is 15.0 Å². The molecule has 0 atom stereocenters. The zero-order chi connectivity index (χ0) is 15.2. The number of nitrogens with zero attached hydrogens (tertiary/aromatic N) is 4. The summed E-state index contributed by atoms with van der Waals surface area (Å²) in [5, 5.41) is 0. The third-order valence-electron chi connectivity index (χ3n) is 3.41. The third kappa shape index (κ3) is 3.82. The van der Waals surface area contributed by atoms with Crippen LogP contribution in [0.4, 0.5) is 11.5 Å². The molecule has 0 saturated carbocycles. The van der Waals surface area contributed by atoms with Crippen molar-refractivity contribution < 1.29 is 9.47 Å². The van der Waals surface area contributed by atoms with Crippen LogP contribution in [0, 0.1) is 0 Å². The summed E-state index contributed by atoms with van der Waals surface area (Å²) in [4.78, 5) is 14.7. The first-order valence-corrected chi connectivity index (χ1v) is 7.29. The van der Waals surface area contributed by atoms with Crippen molar-refractivity contribution in [1.29, 1.82) is 0 Å². The Bertz CT molecular complexity index is 602. The molecule has 1 fully saturated rings. The number of hydrogen-bond acceptors (Lipinski definition) is 7. The molecule has 2 aromatic heterocycles.